The predicted molar refractivity (Wildman–Crippen MR) is 87.4 cm³/mol. The van der Waals surface area contributed by atoms with Crippen molar-refractivity contribution in [3.05, 3.63) is 59.7 Å². The topological polar surface area (TPSA) is 86.2 Å². The van der Waals surface area contributed by atoms with Crippen LogP contribution >= 0.6 is 0 Å². The zero-order chi connectivity index (χ0) is 15.9. The van der Waals surface area contributed by atoms with Crippen LogP contribution in [0.2, 0.25) is 0 Å². The predicted octanol–water partition coefficient (Wildman–Crippen LogP) is 1.49. The molecule has 0 fully saturated rings. The summed E-state index contributed by atoms with van der Waals surface area (Å²) >= 11 is 0. The first-order valence-corrected chi connectivity index (χ1v) is 7.22. The van der Waals surface area contributed by atoms with Gasteiger partial charge in [0.15, 0.2) is 0 Å². The van der Waals surface area contributed by atoms with E-state index in [0.29, 0.717) is 12.8 Å². The minimum Gasteiger partial charge on any atom is -0.321 e. The molecule has 0 amide bonds. The van der Waals surface area contributed by atoms with Gasteiger partial charge in [-0.25, -0.2) is 0 Å². The third-order valence-corrected chi connectivity index (χ3v) is 3.38. The summed E-state index contributed by atoms with van der Waals surface area (Å²) in [6.07, 6.45) is 2.86. The summed E-state index contributed by atoms with van der Waals surface area (Å²) in [5.41, 5.74) is 15.8. The van der Waals surface area contributed by atoms with E-state index in [-0.39, 0.29) is 12.1 Å². The van der Waals surface area contributed by atoms with Gasteiger partial charge in [-0.2, -0.15) is 0 Å². The smallest absolute Gasteiger partial charge is 0.137 e. The van der Waals surface area contributed by atoms with Gasteiger partial charge in [0.2, 0.25) is 0 Å². The van der Waals surface area contributed by atoms with Crippen molar-refractivity contribution < 1.29 is 9.59 Å². The van der Waals surface area contributed by atoms with Gasteiger partial charge in [-0.1, -0.05) is 42.5 Å². The molecule has 0 aliphatic heterocycles. The SMILES string of the molecule is N[C@H](C=O)Cc1cc2cc-2c1.N[C@H](C=O)Cc1ccccc1. The highest BCUT2D eigenvalue weighted by Gasteiger charge is 2.14. The molecular formula is C18H20N2O2. The number of aldehydes is 2. The molecule has 1 aromatic rings. The molecule has 0 spiro atoms. The standard InChI is InChI=1S/C9H9NO.C9H11NO/c10-9(5-11)3-6-1-7-4-8(7)2-6;10-9(7-11)6-8-4-2-1-3-5-8/h1-2,4-5,9H,3,10H2;1-5,7,9H,6,10H2/t2*9-/m00/s1. The second-order valence-electron chi connectivity index (χ2n) is 5.41. The number of nitrogens with two attached hydrogens (primary N) is 2. The Labute approximate surface area is 130 Å². The molecule has 3 rings (SSSR count). The lowest BCUT2D eigenvalue weighted by atomic mass is 10.1. The maximum atomic E-state index is 10.2. The van der Waals surface area contributed by atoms with Crippen LogP contribution in [0.5, 0.6) is 0 Å². The monoisotopic (exact) mass is 296 g/mol. The average Bonchev–Trinajstić information content (AvgIpc) is 3.15. The molecule has 2 aliphatic rings. The number of hydrogen-bond acceptors (Lipinski definition) is 4. The van der Waals surface area contributed by atoms with E-state index in [1.807, 2.05) is 30.3 Å². The lowest BCUT2D eigenvalue weighted by molar-refractivity contribution is -0.109. The van der Waals surface area contributed by atoms with Crippen LogP contribution in [0.3, 0.4) is 0 Å². The summed E-state index contributed by atoms with van der Waals surface area (Å²) < 4.78 is 0. The van der Waals surface area contributed by atoms with Gasteiger partial charge in [-0.3, -0.25) is 0 Å². The van der Waals surface area contributed by atoms with Crippen LogP contribution in [-0.4, -0.2) is 24.7 Å². The van der Waals surface area contributed by atoms with Gasteiger partial charge >= 0.3 is 0 Å². The normalized spacial score (nSPS) is 13.4. The number of carbonyl (C=O) groups is 2. The summed E-state index contributed by atoms with van der Waals surface area (Å²) in [5, 5.41) is 0. The van der Waals surface area contributed by atoms with Crippen LogP contribution in [-0.2, 0) is 22.4 Å². The molecule has 4 nitrogen and oxygen atoms in total. The Morgan fingerprint density at radius 1 is 0.773 bits per heavy atom. The van der Waals surface area contributed by atoms with Gasteiger partial charge in [0, 0.05) is 0 Å². The Balaban J connectivity index is 0.000000160. The number of carbonyl (C=O) groups excluding carboxylic acids is 2. The summed E-state index contributed by atoms with van der Waals surface area (Å²) in [7, 11) is 0. The third kappa shape index (κ3) is 4.91. The highest BCUT2D eigenvalue weighted by molar-refractivity contribution is 5.82. The van der Waals surface area contributed by atoms with Gasteiger partial charge in [0.05, 0.1) is 12.1 Å². The molecule has 0 saturated carbocycles. The molecule has 2 aliphatic carbocycles. The maximum Gasteiger partial charge on any atom is 0.137 e. The minimum absolute atomic E-state index is 0.337. The molecule has 0 aromatic heterocycles. The van der Waals surface area contributed by atoms with Crippen molar-refractivity contribution in [2.75, 3.05) is 0 Å². The molecule has 0 radical (unpaired) electrons. The first-order valence-electron chi connectivity index (χ1n) is 7.22. The van der Waals surface area contributed by atoms with E-state index < -0.39 is 0 Å². The molecule has 114 valence electrons. The van der Waals surface area contributed by atoms with Crippen molar-refractivity contribution in [3.8, 4) is 11.1 Å². The first kappa shape index (κ1) is 16.1. The fourth-order valence-corrected chi connectivity index (χ4v) is 2.20. The molecule has 0 heterocycles. The molecule has 0 saturated heterocycles. The van der Waals surface area contributed by atoms with E-state index in [1.54, 1.807) is 0 Å². The van der Waals surface area contributed by atoms with Crippen LogP contribution in [0.4, 0.5) is 0 Å². The highest BCUT2D eigenvalue weighted by Crippen LogP contribution is 2.36. The lowest BCUT2D eigenvalue weighted by Gasteiger charge is -2.02. The average molecular weight is 296 g/mol. The fourth-order valence-electron chi connectivity index (χ4n) is 2.20. The van der Waals surface area contributed by atoms with E-state index in [1.165, 1.54) is 16.7 Å². The molecule has 0 unspecified atom stereocenters. The number of benzene rings is 2. The largest absolute Gasteiger partial charge is 0.321 e. The van der Waals surface area contributed by atoms with Crippen molar-refractivity contribution >= 4 is 12.6 Å². The van der Waals surface area contributed by atoms with Crippen LogP contribution < -0.4 is 11.5 Å². The van der Waals surface area contributed by atoms with Crippen molar-refractivity contribution in [2.24, 2.45) is 11.5 Å². The van der Waals surface area contributed by atoms with Crippen molar-refractivity contribution in [3.63, 3.8) is 0 Å². The Morgan fingerprint density at radius 3 is 1.77 bits per heavy atom. The van der Waals surface area contributed by atoms with Crippen molar-refractivity contribution in [1.82, 2.24) is 0 Å². The molecule has 2 atom stereocenters. The third-order valence-electron chi connectivity index (χ3n) is 3.38. The molecule has 4 heteroatoms. The lowest BCUT2D eigenvalue weighted by Crippen LogP contribution is -2.23. The van der Waals surface area contributed by atoms with Crippen LogP contribution in [0, 0.1) is 0 Å². The maximum absolute atomic E-state index is 10.2. The fraction of sp³-hybridized carbons (Fsp3) is 0.222. The van der Waals surface area contributed by atoms with Crippen LogP contribution in [0.1, 0.15) is 11.1 Å². The Hall–Kier alpha value is -2.30. The molecule has 1 aromatic carbocycles. The number of rotatable bonds is 6. The summed E-state index contributed by atoms with van der Waals surface area (Å²) in [4.78, 5) is 20.4. The van der Waals surface area contributed by atoms with Gasteiger partial charge in [0.1, 0.15) is 12.6 Å². The van der Waals surface area contributed by atoms with E-state index in [9.17, 15) is 9.59 Å². The minimum atomic E-state index is -0.364. The van der Waals surface area contributed by atoms with Gasteiger partial charge in [-0.15, -0.1) is 0 Å². The summed E-state index contributed by atoms with van der Waals surface area (Å²) in [5.74, 6) is 0. The Morgan fingerprint density at radius 2 is 1.27 bits per heavy atom. The second kappa shape index (κ2) is 7.64. The molecular weight excluding hydrogens is 276 g/mol. The second-order valence-corrected chi connectivity index (χ2v) is 5.41. The van der Waals surface area contributed by atoms with E-state index in [4.69, 9.17) is 11.5 Å². The first-order chi connectivity index (χ1) is 10.6. The Kier molecular flexibility index (Phi) is 5.58. The number of hydrogen-bond donors (Lipinski definition) is 2. The zero-order valence-corrected chi connectivity index (χ0v) is 12.3. The van der Waals surface area contributed by atoms with E-state index in [2.05, 4.69) is 18.2 Å². The quantitative estimate of drug-likeness (QED) is 0.675. The van der Waals surface area contributed by atoms with Crippen molar-refractivity contribution in [2.45, 2.75) is 24.9 Å². The molecule has 22 heavy (non-hydrogen) atoms. The van der Waals surface area contributed by atoms with Crippen LogP contribution in [0.25, 0.3) is 11.1 Å². The summed E-state index contributed by atoms with van der Waals surface area (Å²) in [6.45, 7) is 0. The molecule has 0 bridgehead atoms. The Bertz CT molecular complexity index is 607. The van der Waals surface area contributed by atoms with E-state index in [0.717, 1.165) is 18.1 Å². The van der Waals surface area contributed by atoms with Gasteiger partial charge in [0.25, 0.3) is 0 Å². The van der Waals surface area contributed by atoms with Crippen LogP contribution in [0.15, 0.2) is 48.5 Å². The van der Waals surface area contributed by atoms with Crippen molar-refractivity contribution in [1.29, 1.82) is 0 Å². The zero-order valence-electron chi connectivity index (χ0n) is 12.3. The van der Waals surface area contributed by atoms with Gasteiger partial charge < -0.3 is 21.1 Å². The van der Waals surface area contributed by atoms with E-state index >= 15 is 0 Å². The summed E-state index contributed by atoms with van der Waals surface area (Å²) in [6, 6.07) is 15.3. The molecule has 4 N–H and O–H groups in total. The number of fused-ring (bicyclic) bond motifs is 1. The highest BCUT2D eigenvalue weighted by atomic mass is 16.1. The van der Waals surface area contributed by atoms with Gasteiger partial charge in [-0.05, 0) is 41.2 Å².